The topological polar surface area (TPSA) is 71.3 Å². The molecule has 0 radical (unpaired) electrons. The van der Waals surface area contributed by atoms with Crippen molar-refractivity contribution < 1.29 is 18.3 Å². The molecule has 1 amide bonds. The molecule has 5 rings (SSSR count). The molecule has 5 nitrogen and oxygen atoms in total. The van der Waals surface area contributed by atoms with Gasteiger partial charge in [0.05, 0.1) is 0 Å². The number of halogens is 2. The van der Waals surface area contributed by atoms with Crippen LogP contribution < -0.4 is 10.5 Å². The second-order valence-electron chi connectivity index (χ2n) is 9.31. The van der Waals surface area contributed by atoms with Crippen LogP contribution in [0.2, 0.25) is 0 Å². The maximum atomic E-state index is 14.3. The fourth-order valence-electron chi connectivity index (χ4n) is 5.56. The fraction of sp³-hybridized carbons (Fsp3) is 0.423. The fourth-order valence-corrected chi connectivity index (χ4v) is 5.56. The smallest absolute Gasteiger partial charge is 0.249 e. The number of nitrogens with one attached hydrogen (secondary N) is 1. The second-order valence-corrected chi connectivity index (χ2v) is 9.31. The molecule has 1 aromatic heterocycles. The highest BCUT2D eigenvalue weighted by molar-refractivity contribution is 5.95. The van der Waals surface area contributed by atoms with Crippen LogP contribution in [0.1, 0.15) is 46.9 Å². The number of rotatable bonds is 6. The van der Waals surface area contributed by atoms with Crippen LogP contribution >= 0.6 is 0 Å². The molecule has 1 aliphatic heterocycles. The molecule has 3 aromatic rings. The number of amides is 1. The number of nitrogens with zero attached hydrogens (tertiary/aromatic N) is 1. The molecule has 0 fully saturated rings. The molecular formula is C26H29F2N3O2. The van der Waals surface area contributed by atoms with Crippen molar-refractivity contribution in [1.29, 1.82) is 0 Å². The van der Waals surface area contributed by atoms with Crippen molar-refractivity contribution in [3.8, 4) is 5.75 Å². The Balaban J connectivity index is 1.37. The van der Waals surface area contributed by atoms with Crippen LogP contribution in [0.3, 0.4) is 0 Å². The molecule has 0 spiro atoms. The average molecular weight is 454 g/mol. The van der Waals surface area contributed by atoms with Gasteiger partial charge in [-0.15, -0.1) is 0 Å². The molecule has 0 saturated carbocycles. The number of aryl methyl sites for hydroxylation is 1. The zero-order chi connectivity index (χ0) is 23.1. The van der Waals surface area contributed by atoms with Gasteiger partial charge >= 0.3 is 0 Å². The van der Waals surface area contributed by atoms with Crippen molar-refractivity contribution in [3.63, 3.8) is 0 Å². The van der Waals surface area contributed by atoms with E-state index in [1.54, 1.807) is 6.07 Å². The molecule has 3 N–H and O–H groups in total. The molecule has 0 saturated heterocycles. The average Bonchev–Trinajstić information content (AvgIpc) is 3.16. The minimum absolute atomic E-state index is 0.0409. The van der Waals surface area contributed by atoms with Crippen molar-refractivity contribution in [2.45, 2.75) is 45.1 Å². The van der Waals surface area contributed by atoms with Crippen molar-refractivity contribution in [1.82, 2.24) is 9.88 Å². The first-order chi connectivity index (χ1) is 15.9. The Hall–Kier alpha value is -2.93. The third-order valence-corrected chi connectivity index (χ3v) is 7.11. The van der Waals surface area contributed by atoms with Gasteiger partial charge in [-0.2, -0.15) is 0 Å². The van der Waals surface area contributed by atoms with E-state index in [9.17, 15) is 13.6 Å². The normalized spacial score (nSPS) is 19.9. The predicted molar refractivity (Wildman–Crippen MR) is 124 cm³/mol. The van der Waals surface area contributed by atoms with Crippen LogP contribution in [0.15, 0.2) is 30.3 Å². The number of benzene rings is 2. The van der Waals surface area contributed by atoms with Gasteiger partial charge in [-0.1, -0.05) is 6.92 Å². The summed E-state index contributed by atoms with van der Waals surface area (Å²) in [5, 5.41) is 0.980. The number of nitrogens with two attached hydrogens (primary N) is 1. The minimum Gasteiger partial charge on any atom is -0.489 e. The lowest BCUT2D eigenvalue weighted by atomic mass is 9.85. The van der Waals surface area contributed by atoms with Crippen LogP contribution in [0.4, 0.5) is 8.78 Å². The zero-order valence-electron chi connectivity index (χ0n) is 18.8. The summed E-state index contributed by atoms with van der Waals surface area (Å²) in [5.74, 6) is -0.654. The summed E-state index contributed by atoms with van der Waals surface area (Å²) >= 11 is 0. The van der Waals surface area contributed by atoms with Gasteiger partial charge in [0.25, 0.3) is 0 Å². The first-order valence-electron chi connectivity index (χ1n) is 11.7. The van der Waals surface area contributed by atoms with E-state index in [0.29, 0.717) is 30.1 Å². The Labute approximate surface area is 191 Å². The number of ether oxygens (including phenoxy) is 1. The molecule has 2 heterocycles. The summed E-state index contributed by atoms with van der Waals surface area (Å²) in [4.78, 5) is 17.8. The number of aromatic nitrogens is 1. The Morgan fingerprint density at radius 2 is 2.06 bits per heavy atom. The molecular weight excluding hydrogens is 424 g/mol. The molecule has 174 valence electrons. The lowest BCUT2D eigenvalue weighted by Crippen LogP contribution is -2.46. The number of hydrogen-bond acceptors (Lipinski definition) is 3. The van der Waals surface area contributed by atoms with Crippen LogP contribution in [0, 0.1) is 17.6 Å². The van der Waals surface area contributed by atoms with Crippen molar-refractivity contribution >= 4 is 16.8 Å². The molecule has 0 bridgehead atoms. The van der Waals surface area contributed by atoms with Crippen molar-refractivity contribution in [2.75, 3.05) is 19.7 Å². The van der Waals surface area contributed by atoms with Crippen LogP contribution in [-0.4, -0.2) is 41.5 Å². The highest BCUT2D eigenvalue weighted by atomic mass is 19.1. The SMILES string of the molecule is CCCN(CC1CCc2[nH]c3ccc(F)cc3c2C1)[C@H]1COc2c(F)ccc(C(N)=O)c2C1. The molecule has 2 aliphatic rings. The highest BCUT2D eigenvalue weighted by Crippen LogP contribution is 2.35. The summed E-state index contributed by atoms with van der Waals surface area (Å²) in [5.41, 5.74) is 9.87. The zero-order valence-corrected chi connectivity index (χ0v) is 18.8. The van der Waals surface area contributed by atoms with E-state index in [-0.39, 0.29) is 17.6 Å². The van der Waals surface area contributed by atoms with E-state index in [4.69, 9.17) is 10.5 Å². The van der Waals surface area contributed by atoms with Gasteiger partial charge in [-0.3, -0.25) is 9.69 Å². The van der Waals surface area contributed by atoms with Crippen LogP contribution in [0.25, 0.3) is 10.9 Å². The maximum Gasteiger partial charge on any atom is 0.249 e. The van der Waals surface area contributed by atoms with E-state index in [1.165, 1.54) is 29.5 Å². The van der Waals surface area contributed by atoms with Gasteiger partial charge in [-0.05, 0) is 80.5 Å². The van der Waals surface area contributed by atoms with E-state index in [1.807, 2.05) is 6.07 Å². The molecule has 7 heteroatoms. The molecule has 1 aliphatic carbocycles. The monoisotopic (exact) mass is 453 g/mol. The van der Waals surface area contributed by atoms with E-state index in [0.717, 1.165) is 49.7 Å². The molecule has 33 heavy (non-hydrogen) atoms. The minimum atomic E-state index is -0.566. The van der Waals surface area contributed by atoms with Gasteiger partial charge in [-0.25, -0.2) is 8.78 Å². The summed E-state index contributed by atoms with van der Waals surface area (Å²) in [6, 6.07) is 7.67. The number of carbonyl (C=O) groups is 1. The van der Waals surface area contributed by atoms with Gasteiger partial charge in [0, 0.05) is 40.3 Å². The quantitative estimate of drug-likeness (QED) is 0.582. The number of fused-ring (bicyclic) bond motifs is 4. The first kappa shape index (κ1) is 21.9. The molecule has 2 aromatic carbocycles. The lowest BCUT2D eigenvalue weighted by Gasteiger charge is -2.38. The first-order valence-corrected chi connectivity index (χ1v) is 11.7. The van der Waals surface area contributed by atoms with E-state index in [2.05, 4.69) is 16.8 Å². The third kappa shape index (κ3) is 4.10. The Morgan fingerprint density at radius 3 is 2.85 bits per heavy atom. The Kier molecular flexibility index (Phi) is 5.83. The van der Waals surface area contributed by atoms with E-state index >= 15 is 0 Å². The van der Waals surface area contributed by atoms with E-state index < -0.39 is 11.7 Å². The molecule has 2 atom stereocenters. The number of hydrogen-bond donors (Lipinski definition) is 2. The largest absolute Gasteiger partial charge is 0.489 e. The Morgan fingerprint density at radius 1 is 1.21 bits per heavy atom. The number of aromatic amines is 1. The highest BCUT2D eigenvalue weighted by Gasteiger charge is 2.32. The number of primary amides is 1. The number of H-pyrrole nitrogens is 1. The summed E-state index contributed by atoms with van der Waals surface area (Å²) in [7, 11) is 0. The van der Waals surface area contributed by atoms with Gasteiger partial charge in [0.2, 0.25) is 5.91 Å². The van der Waals surface area contributed by atoms with Crippen molar-refractivity contribution in [2.24, 2.45) is 11.7 Å². The summed E-state index contributed by atoms with van der Waals surface area (Å²) in [6.45, 7) is 4.28. The standard InChI is InChI=1S/C26H29F2N3O2/c1-2-9-31(17-12-21-18(26(29)32)5-6-22(28)25(21)33-14-17)13-15-3-7-23-19(10-15)20-11-16(27)4-8-24(20)30-23/h4-6,8,11,15,17,30H,2-3,7,9-10,12-14H2,1H3,(H2,29,32)/t15?,17-/m1/s1. The molecule has 1 unspecified atom stereocenters. The van der Waals surface area contributed by atoms with Crippen molar-refractivity contribution in [3.05, 3.63) is 64.4 Å². The predicted octanol–water partition coefficient (Wildman–Crippen LogP) is 4.37. The Bertz CT molecular complexity index is 1210. The summed E-state index contributed by atoms with van der Waals surface area (Å²) < 4.78 is 34.0. The van der Waals surface area contributed by atoms with Crippen LogP contribution in [-0.2, 0) is 19.3 Å². The second kappa shape index (κ2) is 8.78. The number of carbonyl (C=O) groups excluding carboxylic acids is 1. The third-order valence-electron chi connectivity index (χ3n) is 7.11. The summed E-state index contributed by atoms with van der Waals surface area (Å²) in [6.07, 6.45) is 4.39. The van der Waals surface area contributed by atoms with Gasteiger partial charge in [0.1, 0.15) is 12.4 Å². The maximum absolute atomic E-state index is 14.3. The van der Waals surface area contributed by atoms with Crippen LogP contribution in [0.5, 0.6) is 5.75 Å². The van der Waals surface area contributed by atoms with Gasteiger partial charge < -0.3 is 15.5 Å². The lowest BCUT2D eigenvalue weighted by molar-refractivity contribution is 0.0940. The van der Waals surface area contributed by atoms with Gasteiger partial charge in [0.15, 0.2) is 11.6 Å².